The summed E-state index contributed by atoms with van der Waals surface area (Å²) in [5, 5.41) is 28.1. The van der Waals surface area contributed by atoms with Gasteiger partial charge in [-0.25, -0.2) is 4.98 Å². The number of aromatic amines is 1. The Morgan fingerprint density at radius 3 is 2.40 bits per heavy atom. The first kappa shape index (κ1) is 16.1. The van der Waals surface area contributed by atoms with Gasteiger partial charge in [0.05, 0.1) is 9.85 Å². The van der Waals surface area contributed by atoms with Crippen molar-refractivity contribution < 1.29 is 14.6 Å². The summed E-state index contributed by atoms with van der Waals surface area (Å²) < 4.78 is 5.47. The third kappa shape index (κ3) is 3.75. The number of aromatic nitrogens is 3. The first-order valence-electron chi connectivity index (χ1n) is 7.06. The van der Waals surface area contributed by atoms with Crippen LogP contribution in [0.25, 0.3) is 11.4 Å². The lowest BCUT2D eigenvalue weighted by atomic mass is 10.2. The number of H-pyrrole nitrogens is 1. The highest BCUT2D eigenvalue weighted by Gasteiger charge is 2.11. The van der Waals surface area contributed by atoms with Crippen molar-refractivity contribution in [2.24, 2.45) is 0 Å². The van der Waals surface area contributed by atoms with E-state index in [4.69, 9.17) is 4.74 Å². The van der Waals surface area contributed by atoms with E-state index in [-0.39, 0.29) is 18.0 Å². The summed E-state index contributed by atoms with van der Waals surface area (Å²) in [6.45, 7) is 0.0692. The Kier molecular flexibility index (Phi) is 4.33. The number of nitrogens with zero attached hydrogens (tertiary/aromatic N) is 4. The van der Waals surface area contributed by atoms with Gasteiger partial charge in [0.15, 0.2) is 11.6 Å². The standard InChI is InChI=1S/C15H11N5O5/c21-19(22)11-4-6-13(7-5-11)25-9-14-16-15(18-17-14)10-2-1-3-12(8-10)20(23)24/h1-8H,9H2,(H,16,17,18). The molecule has 0 amide bonds. The van der Waals surface area contributed by atoms with Crippen LogP contribution < -0.4 is 4.74 Å². The fraction of sp³-hybridized carbons (Fsp3) is 0.0667. The van der Waals surface area contributed by atoms with Crippen molar-refractivity contribution in [3.05, 3.63) is 74.6 Å². The van der Waals surface area contributed by atoms with Crippen LogP contribution in [-0.4, -0.2) is 25.0 Å². The van der Waals surface area contributed by atoms with E-state index in [9.17, 15) is 20.2 Å². The summed E-state index contributed by atoms with van der Waals surface area (Å²) >= 11 is 0. The fourth-order valence-electron chi connectivity index (χ4n) is 2.06. The number of hydrogen-bond donors (Lipinski definition) is 1. The summed E-state index contributed by atoms with van der Waals surface area (Å²) in [6, 6.07) is 11.6. The molecule has 0 aliphatic carbocycles. The van der Waals surface area contributed by atoms with Crippen molar-refractivity contribution in [2.45, 2.75) is 6.61 Å². The number of nitro benzene ring substituents is 2. The van der Waals surface area contributed by atoms with Gasteiger partial charge in [-0.15, -0.1) is 0 Å². The van der Waals surface area contributed by atoms with E-state index in [0.29, 0.717) is 23.0 Å². The monoisotopic (exact) mass is 341 g/mol. The van der Waals surface area contributed by atoms with Gasteiger partial charge in [0.1, 0.15) is 12.4 Å². The summed E-state index contributed by atoms with van der Waals surface area (Å²) in [5.74, 6) is 1.17. The van der Waals surface area contributed by atoms with Gasteiger partial charge in [-0.1, -0.05) is 12.1 Å². The van der Waals surface area contributed by atoms with Crippen molar-refractivity contribution in [3.63, 3.8) is 0 Å². The summed E-state index contributed by atoms with van der Waals surface area (Å²) in [6.07, 6.45) is 0. The molecule has 10 heteroatoms. The molecule has 0 bridgehead atoms. The van der Waals surface area contributed by atoms with Gasteiger partial charge in [-0.05, 0) is 12.1 Å². The predicted molar refractivity (Wildman–Crippen MR) is 85.9 cm³/mol. The minimum absolute atomic E-state index is 0.0278. The number of ether oxygens (including phenoxy) is 1. The molecule has 1 heterocycles. The van der Waals surface area contributed by atoms with E-state index in [0.717, 1.165) is 0 Å². The lowest BCUT2D eigenvalue weighted by Gasteiger charge is -2.02. The SMILES string of the molecule is O=[N+]([O-])c1ccc(OCc2nc(-c3cccc([N+](=O)[O-])c3)n[nH]2)cc1. The second kappa shape index (κ2) is 6.74. The zero-order valence-electron chi connectivity index (χ0n) is 12.7. The van der Waals surface area contributed by atoms with Gasteiger partial charge in [-0.2, -0.15) is 5.10 Å². The first-order valence-corrected chi connectivity index (χ1v) is 7.06. The van der Waals surface area contributed by atoms with Crippen molar-refractivity contribution in [1.29, 1.82) is 0 Å². The smallest absolute Gasteiger partial charge is 0.270 e. The van der Waals surface area contributed by atoms with Crippen LogP contribution in [0.1, 0.15) is 5.82 Å². The summed E-state index contributed by atoms with van der Waals surface area (Å²) in [4.78, 5) is 24.6. The maximum atomic E-state index is 10.8. The number of benzene rings is 2. The summed E-state index contributed by atoms with van der Waals surface area (Å²) in [5.41, 5.74) is 0.429. The fourth-order valence-corrected chi connectivity index (χ4v) is 2.06. The topological polar surface area (TPSA) is 137 Å². The molecule has 126 valence electrons. The Hall–Kier alpha value is -3.82. The quantitative estimate of drug-likeness (QED) is 0.537. The molecular weight excluding hydrogens is 330 g/mol. The maximum absolute atomic E-state index is 10.8. The second-order valence-corrected chi connectivity index (χ2v) is 4.95. The van der Waals surface area contributed by atoms with Crippen LogP contribution in [0.5, 0.6) is 5.75 Å². The molecule has 1 aromatic heterocycles. The summed E-state index contributed by atoms with van der Waals surface area (Å²) in [7, 11) is 0. The van der Waals surface area contributed by atoms with E-state index in [2.05, 4.69) is 15.2 Å². The van der Waals surface area contributed by atoms with Gasteiger partial charge < -0.3 is 4.74 Å². The lowest BCUT2D eigenvalue weighted by Crippen LogP contribution is -1.98. The Labute approximate surface area is 140 Å². The molecule has 0 aliphatic rings. The Balaban J connectivity index is 1.68. The molecule has 0 saturated carbocycles. The van der Waals surface area contributed by atoms with Crippen LogP contribution in [0.15, 0.2) is 48.5 Å². The third-order valence-electron chi connectivity index (χ3n) is 3.27. The molecule has 25 heavy (non-hydrogen) atoms. The molecule has 0 saturated heterocycles. The Morgan fingerprint density at radius 2 is 1.72 bits per heavy atom. The number of rotatable bonds is 6. The van der Waals surface area contributed by atoms with Crippen molar-refractivity contribution >= 4 is 11.4 Å². The van der Waals surface area contributed by atoms with Crippen LogP contribution in [0.2, 0.25) is 0 Å². The molecule has 2 aromatic carbocycles. The van der Waals surface area contributed by atoms with Crippen LogP contribution in [0.4, 0.5) is 11.4 Å². The Bertz CT molecular complexity index is 922. The molecular formula is C15H11N5O5. The molecule has 1 N–H and O–H groups in total. The Morgan fingerprint density at radius 1 is 1.00 bits per heavy atom. The average Bonchev–Trinajstić information content (AvgIpc) is 3.09. The number of non-ortho nitro benzene ring substituents is 2. The number of hydrogen-bond acceptors (Lipinski definition) is 7. The van der Waals surface area contributed by atoms with E-state index in [1.165, 1.54) is 36.4 Å². The van der Waals surface area contributed by atoms with Gasteiger partial charge in [-0.3, -0.25) is 25.3 Å². The van der Waals surface area contributed by atoms with Gasteiger partial charge in [0.25, 0.3) is 11.4 Å². The van der Waals surface area contributed by atoms with Crippen molar-refractivity contribution in [3.8, 4) is 17.1 Å². The average molecular weight is 341 g/mol. The van der Waals surface area contributed by atoms with E-state index < -0.39 is 9.85 Å². The van der Waals surface area contributed by atoms with Crippen LogP contribution in [-0.2, 0) is 6.61 Å². The molecule has 0 unspecified atom stereocenters. The minimum atomic E-state index is -0.494. The highest BCUT2D eigenvalue weighted by atomic mass is 16.6. The maximum Gasteiger partial charge on any atom is 0.270 e. The molecule has 3 rings (SSSR count). The minimum Gasteiger partial charge on any atom is -0.486 e. The van der Waals surface area contributed by atoms with Crippen LogP contribution in [0, 0.1) is 20.2 Å². The number of nitro groups is 2. The highest BCUT2D eigenvalue weighted by molar-refractivity contribution is 5.58. The van der Waals surface area contributed by atoms with Gasteiger partial charge in [0, 0.05) is 29.8 Å². The van der Waals surface area contributed by atoms with Gasteiger partial charge in [0.2, 0.25) is 0 Å². The normalized spacial score (nSPS) is 10.4. The number of nitrogens with one attached hydrogen (secondary N) is 1. The zero-order valence-corrected chi connectivity index (χ0v) is 12.7. The van der Waals surface area contributed by atoms with Crippen molar-refractivity contribution in [1.82, 2.24) is 15.2 Å². The molecule has 0 radical (unpaired) electrons. The zero-order chi connectivity index (χ0) is 17.8. The third-order valence-corrected chi connectivity index (χ3v) is 3.27. The molecule has 10 nitrogen and oxygen atoms in total. The van der Waals surface area contributed by atoms with Crippen molar-refractivity contribution in [2.75, 3.05) is 0 Å². The van der Waals surface area contributed by atoms with E-state index >= 15 is 0 Å². The molecule has 0 spiro atoms. The van der Waals surface area contributed by atoms with Gasteiger partial charge >= 0.3 is 0 Å². The molecule has 0 aliphatic heterocycles. The first-order chi connectivity index (χ1) is 12.0. The lowest BCUT2D eigenvalue weighted by molar-refractivity contribution is -0.385. The molecule has 0 atom stereocenters. The molecule has 0 fully saturated rings. The van der Waals surface area contributed by atoms with Crippen LogP contribution >= 0.6 is 0 Å². The van der Waals surface area contributed by atoms with E-state index in [1.54, 1.807) is 12.1 Å². The van der Waals surface area contributed by atoms with Crippen LogP contribution in [0.3, 0.4) is 0 Å². The van der Waals surface area contributed by atoms with E-state index in [1.807, 2.05) is 0 Å². The predicted octanol–water partition coefficient (Wildman–Crippen LogP) is 2.87. The molecule has 3 aromatic rings. The highest BCUT2D eigenvalue weighted by Crippen LogP contribution is 2.21. The second-order valence-electron chi connectivity index (χ2n) is 4.95. The largest absolute Gasteiger partial charge is 0.486 e.